The zero-order valence-electron chi connectivity index (χ0n) is 13.4. The summed E-state index contributed by atoms with van der Waals surface area (Å²) < 4.78 is 0. The third kappa shape index (κ3) is 3.55. The van der Waals surface area contributed by atoms with Crippen LogP contribution in [0.1, 0.15) is 31.7 Å². The average molecular weight is 316 g/mol. The van der Waals surface area contributed by atoms with Gasteiger partial charge in [-0.05, 0) is 48.8 Å². The molecule has 124 valence electrons. The van der Waals surface area contributed by atoms with Crippen molar-refractivity contribution >= 4 is 17.5 Å². The minimum absolute atomic E-state index is 0.00766. The molecule has 4 unspecified atom stereocenters. The van der Waals surface area contributed by atoms with Crippen LogP contribution in [0, 0.1) is 17.8 Å². The smallest absolute Gasteiger partial charge is 0.224 e. The highest BCUT2D eigenvalue weighted by atomic mass is 16.3. The second-order valence-electron chi connectivity index (χ2n) is 6.83. The zero-order valence-corrected chi connectivity index (χ0v) is 13.4. The molecule has 5 nitrogen and oxygen atoms in total. The number of hydrogen-bond donors (Lipinski definition) is 3. The van der Waals surface area contributed by atoms with Crippen LogP contribution < -0.4 is 10.6 Å². The number of carbonyl (C=O) groups is 2. The first-order valence-corrected chi connectivity index (χ1v) is 8.33. The summed E-state index contributed by atoms with van der Waals surface area (Å²) in [7, 11) is 0. The molecule has 23 heavy (non-hydrogen) atoms. The van der Waals surface area contributed by atoms with Crippen LogP contribution in [-0.4, -0.2) is 29.6 Å². The van der Waals surface area contributed by atoms with E-state index < -0.39 is 0 Å². The van der Waals surface area contributed by atoms with Crippen molar-refractivity contribution in [2.24, 2.45) is 17.8 Å². The number of anilines is 1. The van der Waals surface area contributed by atoms with Crippen LogP contribution in [0.5, 0.6) is 0 Å². The van der Waals surface area contributed by atoms with E-state index in [1.165, 1.54) is 13.3 Å². The van der Waals surface area contributed by atoms with Crippen molar-refractivity contribution < 1.29 is 14.7 Å². The van der Waals surface area contributed by atoms with Crippen molar-refractivity contribution in [1.29, 1.82) is 0 Å². The van der Waals surface area contributed by atoms with Crippen LogP contribution in [0.25, 0.3) is 0 Å². The van der Waals surface area contributed by atoms with Crippen LogP contribution in [0.2, 0.25) is 0 Å². The maximum Gasteiger partial charge on any atom is 0.224 e. The molecule has 2 aliphatic rings. The molecular formula is C18H24N2O3. The van der Waals surface area contributed by atoms with Gasteiger partial charge in [0.15, 0.2) is 0 Å². The molecule has 1 aromatic rings. The minimum Gasteiger partial charge on any atom is -0.396 e. The molecule has 2 bridgehead atoms. The Bertz CT molecular complexity index is 584. The molecule has 2 amide bonds. The quantitative estimate of drug-likeness (QED) is 0.774. The molecule has 0 heterocycles. The lowest BCUT2D eigenvalue weighted by Gasteiger charge is -2.30. The molecular weight excluding hydrogens is 292 g/mol. The summed E-state index contributed by atoms with van der Waals surface area (Å²) in [5.74, 6) is 1.23. The Labute approximate surface area is 136 Å². The lowest BCUT2D eigenvalue weighted by molar-refractivity contribution is -0.122. The Morgan fingerprint density at radius 2 is 1.87 bits per heavy atom. The van der Waals surface area contributed by atoms with Crippen LogP contribution >= 0.6 is 0 Å². The van der Waals surface area contributed by atoms with Gasteiger partial charge in [0, 0.05) is 31.2 Å². The van der Waals surface area contributed by atoms with Gasteiger partial charge in [-0.25, -0.2) is 0 Å². The summed E-state index contributed by atoms with van der Waals surface area (Å²) in [5.41, 5.74) is 1.65. The van der Waals surface area contributed by atoms with Crippen molar-refractivity contribution in [1.82, 2.24) is 5.32 Å². The molecule has 2 aliphatic carbocycles. The summed E-state index contributed by atoms with van der Waals surface area (Å²) >= 11 is 0. The predicted molar refractivity (Wildman–Crippen MR) is 87.8 cm³/mol. The van der Waals surface area contributed by atoms with Gasteiger partial charge in [-0.1, -0.05) is 12.1 Å². The third-order valence-electron chi connectivity index (χ3n) is 5.27. The van der Waals surface area contributed by atoms with Crippen molar-refractivity contribution in [3.8, 4) is 0 Å². The molecule has 0 aliphatic heterocycles. The molecule has 2 fully saturated rings. The molecule has 1 aromatic carbocycles. The van der Waals surface area contributed by atoms with E-state index >= 15 is 0 Å². The average Bonchev–Trinajstić information content (AvgIpc) is 3.09. The van der Waals surface area contributed by atoms with E-state index in [1.807, 2.05) is 12.1 Å². The Hall–Kier alpha value is -1.88. The number of rotatable bonds is 5. The topological polar surface area (TPSA) is 78.4 Å². The van der Waals surface area contributed by atoms with Gasteiger partial charge < -0.3 is 15.7 Å². The Morgan fingerprint density at radius 1 is 1.17 bits per heavy atom. The monoisotopic (exact) mass is 316 g/mol. The van der Waals surface area contributed by atoms with Gasteiger partial charge in [0.05, 0.1) is 6.42 Å². The van der Waals surface area contributed by atoms with Gasteiger partial charge in [0.2, 0.25) is 11.8 Å². The van der Waals surface area contributed by atoms with Crippen molar-refractivity contribution in [2.75, 3.05) is 11.9 Å². The molecule has 0 radical (unpaired) electrons. The highest BCUT2D eigenvalue weighted by Crippen LogP contribution is 2.48. The molecule has 5 heteroatoms. The summed E-state index contributed by atoms with van der Waals surface area (Å²) in [6, 6.07) is 7.45. The van der Waals surface area contributed by atoms with Gasteiger partial charge in [0.25, 0.3) is 0 Å². The number of aliphatic hydroxyl groups is 1. The third-order valence-corrected chi connectivity index (χ3v) is 5.27. The molecule has 4 atom stereocenters. The van der Waals surface area contributed by atoms with E-state index in [9.17, 15) is 14.7 Å². The fourth-order valence-electron chi connectivity index (χ4n) is 4.23. The number of nitrogens with one attached hydrogen (secondary N) is 2. The molecule has 0 spiro atoms. The molecule has 0 aromatic heterocycles. The number of aliphatic hydroxyl groups excluding tert-OH is 1. The van der Waals surface area contributed by atoms with Crippen LogP contribution in [0.4, 0.5) is 5.69 Å². The number of fused-ring (bicyclic) bond motifs is 2. The van der Waals surface area contributed by atoms with Crippen LogP contribution in [-0.2, 0) is 16.0 Å². The van der Waals surface area contributed by atoms with Gasteiger partial charge >= 0.3 is 0 Å². The maximum absolute atomic E-state index is 12.3. The summed E-state index contributed by atoms with van der Waals surface area (Å²) in [5, 5.41) is 15.4. The summed E-state index contributed by atoms with van der Waals surface area (Å²) in [6.07, 6.45) is 3.82. The normalized spacial score (nSPS) is 28.6. The van der Waals surface area contributed by atoms with Crippen molar-refractivity contribution in [3.05, 3.63) is 29.8 Å². The van der Waals surface area contributed by atoms with Crippen LogP contribution in [0.3, 0.4) is 0 Å². The van der Waals surface area contributed by atoms with E-state index in [2.05, 4.69) is 10.6 Å². The minimum atomic E-state index is -0.109. The number of carbonyl (C=O) groups excluding carboxylic acids is 2. The SMILES string of the molecule is CC(=O)Nc1ccc(CC(=O)NC2C3CCC(C3)C2CO)cc1. The van der Waals surface area contributed by atoms with Gasteiger partial charge in [0.1, 0.15) is 0 Å². The second-order valence-corrected chi connectivity index (χ2v) is 6.83. The van der Waals surface area contributed by atoms with E-state index in [0.717, 1.165) is 24.1 Å². The fraction of sp³-hybridized carbons (Fsp3) is 0.556. The fourth-order valence-corrected chi connectivity index (χ4v) is 4.23. The first-order chi connectivity index (χ1) is 11.1. The highest BCUT2D eigenvalue weighted by Gasteiger charge is 2.47. The van der Waals surface area contributed by atoms with E-state index in [4.69, 9.17) is 0 Å². The maximum atomic E-state index is 12.3. The van der Waals surface area contributed by atoms with Gasteiger partial charge in [-0.2, -0.15) is 0 Å². The second kappa shape index (κ2) is 6.71. The number of hydrogen-bond acceptors (Lipinski definition) is 3. The van der Waals surface area contributed by atoms with E-state index in [0.29, 0.717) is 18.3 Å². The lowest BCUT2D eigenvalue weighted by atomic mass is 9.85. The predicted octanol–water partition coefficient (Wildman–Crippen LogP) is 1.71. The molecule has 0 saturated heterocycles. The standard InChI is InChI=1S/C18H24N2O3/c1-11(22)19-15-6-2-12(3-7-15)8-17(23)20-18-14-5-4-13(9-14)16(18)10-21/h2-3,6-7,13-14,16,18,21H,4-5,8-10H2,1H3,(H,19,22)(H,20,23). The zero-order chi connectivity index (χ0) is 16.4. The summed E-state index contributed by atoms with van der Waals surface area (Å²) in [6.45, 7) is 1.63. The van der Waals surface area contributed by atoms with Gasteiger partial charge in [-0.3, -0.25) is 9.59 Å². The molecule has 3 N–H and O–H groups in total. The summed E-state index contributed by atoms with van der Waals surface area (Å²) in [4.78, 5) is 23.3. The van der Waals surface area contributed by atoms with Crippen LogP contribution in [0.15, 0.2) is 24.3 Å². The molecule has 3 rings (SSSR count). The first-order valence-electron chi connectivity index (χ1n) is 8.33. The largest absolute Gasteiger partial charge is 0.396 e. The Kier molecular flexibility index (Phi) is 4.66. The van der Waals surface area contributed by atoms with Gasteiger partial charge in [-0.15, -0.1) is 0 Å². The van der Waals surface area contributed by atoms with Crippen molar-refractivity contribution in [2.45, 2.75) is 38.6 Å². The Morgan fingerprint density at radius 3 is 2.52 bits per heavy atom. The van der Waals surface area contributed by atoms with E-state index in [-0.39, 0.29) is 30.4 Å². The molecule has 2 saturated carbocycles. The number of benzene rings is 1. The van der Waals surface area contributed by atoms with Crippen molar-refractivity contribution in [3.63, 3.8) is 0 Å². The first kappa shape index (κ1) is 16.0. The highest BCUT2D eigenvalue weighted by molar-refractivity contribution is 5.88. The van der Waals surface area contributed by atoms with E-state index in [1.54, 1.807) is 12.1 Å². The Balaban J connectivity index is 1.56. The lowest BCUT2D eigenvalue weighted by Crippen LogP contribution is -2.45. The number of amides is 2.